The maximum absolute atomic E-state index is 6.66. The van der Waals surface area contributed by atoms with Crippen LogP contribution in [0.3, 0.4) is 0 Å². The van der Waals surface area contributed by atoms with Gasteiger partial charge in [0.15, 0.2) is 0 Å². The van der Waals surface area contributed by atoms with Gasteiger partial charge in [0.1, 0.15) is 5.75 Å². The molecule has 3 aliphatic heterocycles. The molecule has 0 bridgehead atoms. The normalized spacial score (nSPS) is 24.2. The van der Waals surface area contributed by atoms with Gasteiger partial charge in [0.25, 0.3) is 0 Å². The zero-order valence-electron chi connectivity index (χ0n) is 14.8. The third-order valence-electron chi connectivity index (χ3n) is 5.85. The molecule has 0 N–H and O–H groups in total. The first kappa shape index (κ1) is 16.8. The zero-order valence-corrected chi connectivity index (χ0v) is 17.2. The summed E-state index contributed by atoms with van der Waals surface area (Å²) in [6.45, 7) is 5.47. The van der Waals surface area contributed by atoms with E-state index < -0.39 is 0 Å². The average molecular weight is 432 g/mol. The summed E-state index contributed by atoms with van der Waals surface area (Å²) in [6.07, 6.45) is 2.94. The first-order chi connectivity index (χ1) is 12.7. The molecule has 4 nitrogen and oxygen atoms in total. The van der Waals surface area contributed by atoms with E-state index in [9.17, 15) is 0 Å². The third kappa shape index (κ3) is 2.62. The monoisotopic (exact) mass is 431 g/mol. The fraction of sp³-hybridized carbons (Fsp3) is 0.450. The second-order valence-corrected chi connectivity index (χ2v) is 9.12. The van der Waals surface area contributed by atoms with Gasteiger partial charge < -0.3 is 9.64 Å². The number of fused-ring (bicyclic) bond motifs is 4. The number of hydrazone groups is 1. The van der Waals surface area contributed by atoms with Crippen molar-refractivity contribution in [3.63, 3.8) is 0 Å². The predicted octanol–water partition coefficient (Wildman–Crippen LogP) is 4.87. The lowest BCUT2D eigenvalue weighted by atomic mass is 9.91. The maximum Gasteiger partial charge on any atom is 0.200 e. The van der Waals surface area contributed by atoms with Gasteiger partial charge in [0, 0.05) is 42.4 Å². The molecule has 1 aromatic heterocycles. The van der Waals surface area contributed by atoms with E-state index in [4.69, 9.17) is 9.84 Å². The van der Waals surface area contributed by atoms with Crippen molar-refractivity contribution in [1.29, 1.82) is 0 Å². The van der Waals surface area contributed by atoms with Crippen molar-refractivity contribution in [2.24, 2.45) is 5.10 Å². The van der Waals surface area contributed by atoms with Crippen molar-refractivity contribution in [2.45, 2.75) is 38.0 Å². The van der Waals surface area contributed by atoms with Crippen molar-refractivity contribution < 1.29 is 4.74 Å². The van der Waals surface area contributed by atoms with E-state index in [0.717, 1.165) is 49.1 Å². The van der Waals surface area contributed by atoms with E-state index in [0.29, 0.717) is 0 Å². The molecule has 1 atom stereocenters. The number of hydrogen-bond acceptors (Lipinski definition) is 5. The smallest absolute Gasteiger partial charge is 0.200 e. The Balaban J connectivity index is 1.57. The fourth-order valence-corrected chi connectivity index (χ4v) is 5.49. The van der Waals surface area contributed by atoms with E-state index in [2.05, 4.69) is 68.5 Å². The second-order valence-electron chi connectivity index (χ2n) is 7.25. The van der Waals surface area contributed by atoms with Gasteiger partial charge in [-0.3, -0.25) is 0 Å². The van der Waals surface area contributed by atoms with Gasteiger partial charge >= 0.3 is 0 Å². The van der Waals surface area contributed by atoms with Crippen molar-refractivity contribution in [3.8, 4) is 5.75 Å². The summed E-state index contributed by atoms with van der Waals surface area (Å²) >= 11 is 5.40. The Kier molecular flexibility index (Phi) is 4.10. The Hall–Kier alpha value is -1.37. The summed E-state index contributed by atoms with van der Waals surface area (Å²) < 4.78 is 7.76. The molecule has 1 saturated heterocycles. The van der Waals surface area contributed by atoms with Crippen molar-refractivity contribution in [3.05, 3.63) is 50.6 Å². The van der Waals surface area contributed by atoms with E-state index >= 15 is 0 Å². The Morgan fingerprint density at radius 1 is 1.31 bits per heavy atom. The first-order valence-electron chi connectivity index (χ1n) is 9.30. The number of rotatable bonds is 2. The minimum atomic E-state index is -0.309. The maximum atomic E-state index is 6.66. The number of nitrogens with zero attached hydrogens (tertiary/aromatic N) is 3. The highest BCUT2D eigenvalue weighted by Crippen LogP contribution is 2.50. The summed E-state index contributed by atoms with van der Waals surface area (Å²) in [5.41, 5.74) is 2.13. The molecule has 0 radical (unpaired) electrons. The standard InChI is InChI=1S/C20H22BrN3OS/c1-2-23-9-7-20(8-10-23)24-17(13-16(22-24)19-4-3-11-26-19)15-12-14(21)5-6-18(15)25-20/h3-6,11-12,17H,2,7-10,13H2,1H3/t17-/m0/s1. The highest BCUT2D eigenvalue weighted by molar-refractivity contribution is 9.10. The van der Waals surface area contributed by atoms with Gasteiger partial charge in [-0.05, 0) is 36.2 Å². The van der Waals surface area contributed by atoms with E-state index in [1.807, 2.05) is 0 Å². The zero-order chi connectivity index (χ0) is 17.7. The number of halogens is 1. The van der Waals surface area contributed by atoms with Crippen LogP contribution in [0.5, 0.6) is 5.75 Å². The number of ether oxygens (including phenoxy) is 1. The largest absolute Gasteiger partial charge is 0.466 e. The summed E-state index contributed by atoms with van der Waals surface area (Å²) in [5.74, 6) is 1.03. The molecule has 26 heavy (non-hydrogen) atoms. The minimum Gasteiger partial charge on any atom is -0.466 e. The molecular formula is C20H22BrN3OS. The van der Waals surface area contributed by atoms with Crippen LogP contribution in [0, 0.1) is 0 Å². The number of likely N-dealkylation sites (tertiary alicyclic amines) is 1. The van der Waals surface area contributed by atoms with E-state index in [1.165, 1.54) is 16.2 Å². The molecule has 6 heteroatoms. The molecule has 0 unspecified atom stereocenters. The molecular weight excluding hydrogens is 410 g/mol. The number of hydrogen-bond donors (Lipinski definition) is 0. The molecule has 2 aromatic rings. The van der Waals surface area contributed by atoms with Crippen LogP contribution in [0.15, 0.2) is 45.3 Å². The molecule has 0 aliphatic carbocycles. The second kappa shape index (κ2) is 6.36. The van der Waals surface area contributed by atoms with Crippen LogP contribution in [0.1, 0.15) is 42.7 Å². The van der Waals surface area contributed by atoms with Crippen LogP contribution in [0.4, 0.5) is 0 Å². The molecule has 1 fully saturated rings. The van der Waals surface area contributed by atoms with Gasteiger partial charge in [0.05, 0.1) is 16.6 Å². The van der Waals surface area contributed by atoms with E-state index in [-0.39, 0.29) is 11.8 Å². The van der Waals surface area contributed by atoms with Crippen LogP contribution in [0.25, 0.3) is 0 Å². The summed E-state index contributed by atoms with van der Waals surface area (Å²) in [6, 6.07) is 11.0. The molecule has 0 amide bonds. The van der Waals surface area contributed by atoms with Gasteiger partial charge in [-0.15, -0.1) is 11.3 Å². The van der Waals surface area contributed by atoms with Crippen LogP contribution in [-0.2, 0) is 0 Å². The van der Waals surface area contributed by atoms with Crippen LogP contribution >= 0.6 is 27.3 Å². The third-order valence-corrected chi connectivity index (χ3v) is 7.26. The van der Waals surface area contributed by atoms with Crippen molar-refractivity contribution >= 4 is 33.0 Å². The minimum absolute atomic E-state index is 0.265. The van der Waals surface area contributed by atoms with Gasteiger partial charge in [0.2, 0.25) is 5.72 Å². The highest BCUT2D eigenvalue weighted by Gasteiger charge is 2.51. The predicted molar refractivity (Wildman–Crippen MR) is 109 cm³/mol. The number of piperidine rings is 1. The molecule has 1 aromatic carbocycles. The lowest BCUT2D eigenvalue weighted by Gasteiger charge is -2.51. The Labute approximate surface area is 166 Å². The molecule has 3 aliphatic rings. The topological polar surface area (TPSA) is 28.1 Å². The molecule has 0 saturated carbocycles. The first-order valence-corrected chi connectivity index (χ1v) is 11.0. The van der Waals surface area contributed by atoms with Gasteiger partial charge in [-0.2, -0.15) is 5.10 Å². The van der Waals surface area contributed by atoms with Crippen LogP contribution in [-0.4, -0.2) is 41.0 Å². The lowest BCUT2D eigenvalue weighted by Crippen LogP contribution is -2.59. The molecule has 4 heterocycles. The Morgan fingerprint density at radius 3 is 2.88 bits per heavy atom. The fourth-order valence-electron chi connectivity index (χ4n) is 4.39. The van der Waals surface area contributed by atoms with Crippen LogP contribution in [0.2, 0.25) is 0 Å². The van der Waals surface area contributed by atoms with Gasteiger partial charge in [-0.1, -0.05) is 28.9 Å². The lowest BCUT2D eigenvalue weighted by molar-refractivity contribution is -0.149. The Bertz CT molecular complexity index is 843. The molecule has 5 rings (SSSR count). The average Bonchev–Trinajstić information content (AvgIpc) is 3.33. The summed E-state index contributed by atoms with van der Waals surface area (Å²) in [7, 11) is 0. The summed E-state index contributed by atoms with van der Waals surface area (Å²) in [4.78, 5) is 3.78. The van der Waals surface area contributed by atoms with E-state index in [1.54, 1.807) is 11.3 Å². The van der Waals surface area contributed by atoms with Crippen LogP contribution < -0.4 is 4.74 Å². The van der Waals surface area contributed by atoms with Crippen molar-refractivity contribution in [2.75, 3.05) is 19.6 Å². The quantitative estimate of drug-likeness (QED) is 0.678. The highest BCUT2D eigenvalue weighted by atomic mass is 79.9. The molecule has 136 valence electrons. The number of benzene rings is 1. The molecule has 1 spiro atoms. The summed E-state index contributed by atoms with van der Waals surface area (Å²) in [5, 5.41) is 9.54. The number of thiophene rings is 1. The van der Waals surface area contributed by atoms with Crippen molar-refractivity contribution in [1.82, 2.24) is 9.91 Å². The van der Waals surface area contributed by atoms with Gasteiger partial charge in [-0.25, -0.2) is 5.01 Å². The SMILES string of the molecule is CCN1CCC2(CC1)Oc1ccc(Br)cc1[C@@H]1CC(c3cccs3)=NN12. The Morgan fingerprint density at radius 2 is 2.15 bits per heavy atom.